The van der Waals surface area contributed by atoms with Crippen molar-refractivity contribution in [2.45, 2.75) is 0 Å². The molecule has 6 heteroatoms. The van der Waals surface area contributed by atoms with Crippen LogP contribution in [0.25, 0.3) is 0 Å². The van der Waals surface area contributed by atoms with Crippen LogP contribution in [0.5, 0.6) is 0 Å². The van der Waals surface area contributed by atoms with Gasteiger partial charge in [-0.1, -0.05) is 6.07 Å². The van der Waals surface area contributed by atoms with E-state index in [0.717, 1.165) is 0 Å². The van der Waals surface area contributed by atoms with E-state index < -0.39 is 0 Å². The maximum Gasteiger partial charge on any atom is 0.0267 e. The van der Waals surface area contributed by atoms with E-state index in [1.165, 1.54) is 0 Å². The van der Waals surface area contributed by atoms with Crippen LogP contribution in [-0.4, -0.2) is 4.98 Å². The van der Waals surface area contributed by atoms with Crippen molar-refractivity contribution >= 4 is 49.6 Å². The first kappa shape index (κ1) is 29.6. The number of pyridine rings is 1. The molecule has 11 heavy (non-hydrogen) atoms. The van der Waals surface area contributed by atoms with Crippen molar-refractivity contribution in [2.24, 2.45) is 0 Å². The maximum atomic E-state index is 3.78. The smallest absolute Gasteiger partial charge is 0.0267 e. The van der Waals surface area contributed by atoms with E-state index in [2.05, 4.69) is 4.98 Å². The molecule has 0 radical (unpaired) electrons. The topological polar surface area (TPSA) is 12.9 Å². The molecule has 0 aliphatic rings. The fraction of sp³-hybridized carbons (Fsp3) is 0. The van der Waals surface area contributed by atoms with E-state index in [-0.39, 0.29) is 71.3 Å². The second kappa shape index (κ2) is 22.5. The van der Waals surface area contributed by atoms with Gasteiger partial charge in [0.25, 0.3) is 0 Å². The van der Waals surface area contributed by atoms with E-state index in [0.29, 0.717) is 0 Å². The van der Waals surface area contributed by atoms with Crippen LogP contribution < -0.4 is 0 Å². The molecular weight excluding hydrogens is 264 g/mol. The first-order valence-corrected chi connectivity index (χ1v) is 1.85. The Kier molecular flexibility index (Phi) is 60.5. The molecule has 0 unspecified atom stereocenters. The number of hydrogen-bond donors (Lipinski definition) is 0. The molecule has 1 heterocycles. The van der Waals surface area contributed by atoms with E-state index >= 15 is 0 Å². The third-order valence-corrected chi connectivity index (χ3v) is 0.566. The Morgan fingerprint density at radius 3 is 1.09 bits per heavy atom. The van der Waals surface area contributed by atoms with E-state index in [1.807, 2.05) is 18.2 Å². The van der Waals surface area contributed by atoms with Gasteiger partial charge in [0.1, 0.15) is 0 Å². The van der Waals surface area contributed by atoms with Crippen LogP contribution in [0.15, 0.2) is 30.6 Å². The van der Waals surface area contributed by atoms with Crippen LogP contribution in [0.1, 0.15) is 0 Å². The molecule has 66 valence electrons. The van der Waals surface area contributed by atoms with Gasteiger partial charge in [0, 0.05) is 34.1 Å². The minimum atomic E-state index is 0. The molecule has 1 aromatic heterocycles. The zero-order chi connectivity index (χ0) is 4.24. The van der Waals surface area contributed by atoms with Gasteiger partial charge in [0.2, 0.25) is 0 Å². The zero-order valence-corrected chi connectivity index (χ0v) is 10.3. The Hall–Kier alpha value is 1.02. The Bertz CT molecular complexity index is 90.4. The van der Waals surface area contributed by atoms with E-state index in [4.69, 9.17) is 0 Å². The average molecular weight is 273 g/mol. The van der Waals surface area contributed by atoms with Crippen molar-refractivity contribution in [3.05, 3.63) is 30.6 Å². The molecule has 0 aromatic carbocycles. The van der Waals surface area contributed by atoms with Crippen molar-refractivity contribution in [1.82, 2.24) is 4.98 Å². The summed E-state index contributed by atoms with van der Waals surface area (Å²) in [7, 11) is 0. The van der Waals surface area contributed by atoms with E-state index in [1.54, 1.807) is 12.4 Å². The molecule has 0 bridgehead atoms. The minimum Gasteiger partial charge on any atom is -0.265 e. The van der Waals surface area contributed by atoms with Crippen LogP contribution in [0.4, 0.5) is 0 Å². The van der Waals surface area contributed by atoms with Crippen LogP contribution in [0.2, 0.25) is 0 Å². The summed E-state index contributed by atoms with van der Waals surface area (Å²) >= 11 is 0. The molecule has 0 spiro atoms. The molecule has 0 aliphatic heterocycles. The van der Waals surface area contributed by atoms with Crippen LogP contribution in [0, 0.1) is 0 Å². The van der Waals surface area contributed by atoms with Crippen molar-refractivity contribution in [1.29, 1.82) is 0 Å². The Morgan fingerprint density at radius 2 is 1.00 bits per heavy atom. The maximum absolute atomic E-state index is 3.78. The van der Waals surface area contributed by atoms with Crippen molar-refractivity contribution in [3.63, 3.8) is 0 Å². The van der Waals surface area contributed by atoms with Crippen LogP contribution in [-0.2, 0) is 21.7 Å². The normalized spacial score (nSPS) is 4.36. The van der Waals surface area contributed by atoms with Gasteiger partial charge in [-0.3, -0.25) is 4.98 Å². The first-order chi connectivity index (χ1) is 3.00. The second-order valence-corrected chi connectivity index (χ2v) is 1.02. The van der Waals surface area contributed by atoms with Gasteiger partial charge in [0.15, 0.2) is 0 Å². The summed E-state index contributed by atoms with van der Waals surface area (Å²) in [6.45, 7) is 0. The summed E-state index contributed by atoms with van der Waals surface area (Å²) < 4.78 is 0. The quantitative estimate of drug-likeness (QED) is 0.662. The molecule has 1 nitrogen and oxygen atoms in total. The molecule has 0 saturated heterocycles. The fourth-order valence-electron chi connectivity index (χ4n) is 0.313. The number of hydrogen-bond acceptors (Lipinski definition) is 1. The van der Waals surface area contributed by atoms with E-state index in [9.17, 15) is 0 Å². The van der Waals surface area contributed by atoms with Gasteiger partial charge < -0.3 is 0 Å². The summed E-state index contributed by atoms with van der Waals surface area (Å²) in [5, 5.41) is 0. The molecule has 1 aromatic rings. The molecule has 0 aliphatic carbocycles. The van der Waals surface area contributed by atoms with Crippen molar-refractivity contribution < 1.29 is 21.7 Å². The third kappa shape index (κ3) is 18.2. The number of rotatable bonds is 0. The third-order valence-electron chi connectivity index (χ3n) is 0.566. The first-order valence-electron chi connectivity index (χ1n) is 1.85. The van der Waals surface area contributed by atoms with Gasteiger partial charge in [0.05, 0.1) is 0 Å². The number of aromatic nitrogens is 1. The van der Waals surface area contributed by atoms with Gasteiger partial charge in [-0.2, -0.15) is 0 Å². The van der Waals surface area contributed by atoms with Crippen molar-refractivity contribution in [2.75, 3.05) is 0 Å². The Morgan fingerprint density at radius 1 is 0.636 bits per heavy atom. The van der Waals surface area contributed by atoms with Gasteiger partial charge >= 0.3 is 0 Å². The summed E-state index contributed by atoms with van der Waals surface area (Å²) in [5.74, 6) is 0. The summed E-state index contributed by atoms with van der Waals surface area (Å²) in [5.41, 5.74) is 0. The molecule has 0 amide bonds. The van der Waals surface area contributed by atoms with Crippen LogP contribution >= 0.6 is 49.6 Å². The molecular formula is C5H9Cl4NTi. The predicted molar refractivity (Wildman–Crippen MR) is 53.2 cm³/mol. The molecule has 0 saturated carbocycles. The van der Waals surface area contributed by atoms with Gasteiger partial charge in [-0.05, 0) is 12.1 Å². The Labute approximate surface area is 106 Å². The molecule has 1 rings (SSSR count). The SMILES string of the molecule is Cl.Cl.Cl.Cl.[Ti].c1ccncc1. The van der Waals surface area contributed by atoms with Crippen molar-refractivity contribution in [3.8, 4) is 0 Å². The number of halogens is 4. The standard InChI is InChI=1S/C5H5N.4ClH.Ti/c1-2-4-6-5-3-1;;;;;/h1-5H;4*1H;. The van der Waals surface area contributed by atoms with Crippen LogP contribution in [0.3, 0.4) is 0 Å². The van der Waals surface area contributed by atoms with Gasteiger partial charge in [-0.25, -0.2) is 0 Å². The molecule has 0 fully saturated rings. The fourth-order valence-corrected chi connectivity index (χ4v) is 0.313. The summed E-state index contributed by atoms with van der Waals surface area (Å²) in [6.07, 6.45) is 3.50. The molecule has 0 atom stereocenters. The zero-order valence-electron chi connectivity index (χ0n) is 5.47. The summed E-state index contributed by atoms with van der Waals surface area (Å²) in [4.78, 5) is 3.78. The Balaban J connectivity index is -0.0000000240. The monoisotopic (exact) mass is 271 g/mol. The largest absolute Gasteiger partial charge is 0.265 e. The van der Waals surface area contributed by atoms with Gasteiger partial charge in [-0.15, -0.1) is 49.6 Å². The average Bonchev–Trinajstić information content (AvgIpc) is 1.72. The minimum absolute atomic E-state index is 0. The molecule has 0 N–H and O–H groups in total. The second-order valence-electron chi connectivity index (χ2n) is 1.02. The number of nitrogens with zero attached hydrogens (tertiary/aromatic N) is 1. The predicted octanol–water partition coefficient (Wildman–Crippen LogP) is 2.77. The summed E-state index contributed by atoms with van der Waals surface area (Å²) in [6, 6.07) is 5.72.